The highest BCUT2D eigenvalue weighted by atomic mass is 35.5. The molecule has 0 amide bonds. The van der Waals surface area contributed by atoms with E-state index in [9.17, 15) is 8.42 Å². The summed E-state index contributed by atoms with van der Waals surface area (Å²) >= 11 is 6.18. The molecule has 0 bridgehead atoms. The second kappa shape index (κ2) is 11.0. The molecule has 1 aliphatic carbocycles. The highest BCUT2D eigenvalue weighted by molar-refractivity contribution is 7.90. The van der Waals surface area contributed by atoms with Crippen molar-refractivity contribution in [2.75, 3.05) is 12.8 Å². The average molecular weight is 480 g/mol. The van der Waals surface area contributed by atoms with Gasteiger partial charge >= 0.3 is 0 Å². The van der Waals surface area contributed by atoms with Crippen LogP contribution in [0, 0.1) is 0 Å². The summed E-state index contributed by atoms with van der Waals surface area (Å²) < 4.78 is 23.1. The zero-order valence-corrected chi connectivity index (χ0v) is 19.6. The molecule has 3 N–H and O–H groups in total. The second-order valence-electron chi connectivity index (χ2n) is 7.57. The number of benzene rings is 2. The zero-order chi connectivity index (χ0) is 19.5. The zero-order valence-electron chi connectivity index (χ0n) is 16.4. The molecule has 1 saturated carbocycles. The van der Waals surface area contributed by atoms with Gasteiger partial charge in [0.05, 0.1) is 4.90 Å². The molecule has 0 spiro atoms. The van der Waals surface area contributed by atoms with E-state index in [2.05, 4.69) is 11.4 Å². The molecule has 0 unspecified atom stereocenters. The lowest BCUT2D eigenvalue weighted by Crippen LogP contribution is -2.43. The van der Waals surface area contributed by atoms with Gasteiger partial charge in [-0.15, -0.1) is 24.8 Å². The van der Waals surface area contributed by atoms with Crippen LogP contribution in [0.4, 0.5) is 0 Å². The summed E-state index contributed by atoms with van der Waals surface area (Å²) in [6.45, 7) is 1.37. The normalized spacial score (nSPS) is 21.7. The summed E-state index contributed by atoms with van der Waals surface area (Å²) in [5.74, 6) is 0. The van der Waals surface area contributed by atoms with Gasteiger partial charge in [0.2, 0.25) is 0 Å². The molecule has 162 valence electrons. The van der Waals surface area contributed by atoms with Crippen molar-refractivity contribution >= 4 is 46.3 Å². The number of rotatable bonds is 6. The van der Waals surface area contributed by atoms with Gasteiger partial charge in [-0.05, 0) is 61.1 Å². The number of hydrogen-bond acceptors (Lipinski definition) is 4. The third-order valence-electron chi connectivity index (χ3n) is 5.72. The van der Waals surface area contributed by atoms with Crippen LogP contribution in [0.2, 0.25) is 5.02 Å². The molecule has 1 aliphatic rings. The molecule has 0 heterocycles. The number of halogens is 3. The van der Waals surface area contributed by atoms with Crippen molar-refractivity contribution in [2.24, 2.45) is 5.73 Å². The van der Waals surface area contributed by atoms with Crippen LogP contribution in [0.5, 0.6) is 0 Å². The number of nitrogens with one attached hydrogen (secondary N) is 1. The molecule has 3 rings (SSSR count). The molecule has 0 radical (unpaired) electrons. The van der Waals surface area contributed by atoms with Crippen molar-refractivity contribution in [1.82, 2.24) is 5.32 Å². The first kappa shape index (κ1) is 26.2. The Morgan fingerprint density at radius 1 is 1.10 bits per heavy atom. The van der Waals surface area contributed by atoms with E-state index in [4.69, 9.17) is 17.3 Å². The van der Waals surface area contributed by atoms with E-state index in [1.807, 2.05) is 30.3 Å². The Balaban J connectivity index is 0.00000210. The maximum absolute atomic E-state index is 11.5. The Bertz CT molecular complexity index is 881. The third-order valence-corrected chi connectivity index (χ3v) is 7.08. The molecular weight excluding hydrogens is 451 g/mol. The Labute approximate surface area is 191 Å². The van der Waals surface area contributed by atoms with Gasteiger partial charge in [0.25, 0.3) is 0 Å². The fourth-order valence-corrected chi connectivity index (χ4v) is 4.74. The Morgan fingerprint density at radius 3 is 2.24 bits per heavy atom. The molecule has 0 aliphatic heterocycles. The van der Waals surface area contributed by atoms with Gasteiger partial charge in [-0.3, -0.25) is 0 Å². The molecule has 0 aromatic heterocycles. The van der Waals surface area contributed by atoms with Crippen LogP contribution < -0.4 is 11.1 Å². The average Bonchev–Trinajstić information content (AvgIpc) is 2.66. The molecule has 8 heteroatoms. The van der Waals surface area contributed by atoms with Gasteiger partial charge in [0.1, 0.15) is 0 Å². The maximum Gasteiger partial charge on any atom is 0.175 e. The van der Waals surface area contributed by atoms with Crippen molar-refractivity contribution in [3.8, 4) is 0 Å². The van der Waals surface area contributed by atoms with Gasteiger partial charge in [0, 0.05) is 35.8 Å². The first-order valence-electron chi connectivity index (χ1n) is 9.31. The van der Waals surface area contributed by atoms with Gasteiger partial charge in [0.15, 0.2) is 9.84 Å². The van der Waals surface area contributed by atoms with Crippen LogP contribution in [-0.4, -0.2) is 27.3 Å². The van der Waals surface area contributed by atoms with Gasteiger partial charge in [-0.25, -0.2) is 8.42 Å². The van der Waals surface area contributed by atoms with Crippen molar-refractivity contribution in [3.05, 3.63) is 64.7 Å². The fourth-order valence-electron chi connectivity index (χ4n) is 3.92. The minimum Gasteiger partial charge on any atom is -0.330 e. The largest absolute Gasteiger partial charge is 0.330 e. The maximum atomic E-state index is 11.5. The molecule has 1 fully saturated rings. The molecule has 29 heavy (non-hydrogen) atoms. The monoisotopic (exact) mass is 478 g/mol. The van der Waals surface area contributed by atoms with Gasteiger partial charge in [-0.2, -0.15) is 0 Å². The molecule has 4 nitrogen and oxygen atoms in total. The van der Waals surface area contributed by atoms with E-state index in [0.717, 1.165) is 42.8 Å². The Kier molecular flexibility index (Phi) is 9.93. The fraction of sp³-hybridized carbons (Fsp3) is 0.429. The van der Waals surface area contributed by atoms with Crippen LogP contribution >= 0.6 is 36.4 Å². The molecule has 0 atom stereocenters. The van der Waals surface area contributed by atoms with E-state index in [-0.39, 0.29) is 30.2 Å². The number of sulfone groups is 1. The molecule has 2 aromatic rings. The minimum absolute atomic E-state index is 0. The third kappa shape index (κ3) is 6.58. The summed E-state index contributed by atoms with van der Waals surface area (Å²) in [6.07, 6.45) is 5.42. The smallest absolute Gasteiger partial charge is 0.175 e. The minimum atomic E-state index is -3.14. The van der Waals surface area contributed by atoms with Crippen molar-refractivity contribution < 1.29 is 8.42 Å². The van der Waals surface area contributed by atoms with Crippen molar-refractivity contribution in [2.45, 2.75) is 48.6 Å². The summed E-state index contributed by atoms with van der Waals surface area (Å²) in [5, 5.41) is 4.37. The lowest BCUT2D eigenvalue weighted by molar-refractivity contribution is 0.251. The number of hydrogen-bond donors (Lipinski definition) is 2. The van der Waals surface area contributed by atoms with Gasteiger partial charge in [-0.1, -0.05) is 35.9 Å². The summed E-state index contributed by atoms with van der Waals surface area (Å²) in [5.41, 5.74) is 8.52. The predicted molar refractivity (Wildman–Crippen MR) is 125 cm³/mol. The second-order valence-corrected chi connectivity index (χ2v) is 10.0. The first-order valence-corrected chi connectivity index (χ1v) is 11.6. The van der Waals surface area contributed by atoms with Crippen molar-refractivity contribution in [1.29, 1.82) is 0 Å². The van der Waals surface area contributed by atoms with Crippen LogP contribution in [0.3, 0.4) is 0 Å². The SMILES string of the molecule is CS(=O)(=O)c1ccc(CNC2CCC(CN)(c3cccc(Cl)c3)CC2)cc1.Cl.Cl. The molecular formula is C21H29Cl3N2O2S. The lowest BCUT2D eigenvalue weighted by atomic mass is 9.68. The summed E-state index contributed by atoms with van der Waals surface area (Å²) in [6, 6.07) is 15.6. The van der Waals surface area contributed by atoms with E-state index < -0.39 is 9.84 Å². The topological polar surface area (TPSA) is 72.2 Å². The standard InChI is InChI=1S/C21H27ClN2O2S.2ClH/c1-27(25,26)20-7-5-16(6-8-20)14-24-19-9-11-21(15-23,12-10-19)17-3-2-4-18(22)13-17;;/h2-8,13,19,24H,9-12,14-15,23H2,1H3;2*1H. The van der Waals surface area contributed by atoms with E-state index in [1.54, 1.807) is 12.1 Å². The highest BCUT2D eigenvalue weighted by Crippen LogP contribution is 2.39. The highest BCUT2D eigenvalue weighted by Gasteiger charge is 2.35. The van der Waals surface area contributed by atoms with Crippen LogP contribution in [-0.2, 0) is 21.8 Å². The summed E-state index contributed by atoms with van der Waals surface area (Å²) in [7, 11) is -3.14. The molecule has 0 saturated heterocycles. The van der Waals surface area contributed by atoms with Gasteiger partial charge < -0.3 is 11.1 Å². The molecule has 2 aromatic carbocycles. The van der Waals surface area contributed by atoms with Crippen LogP contribution in [0.1, 0.15) is 36.8 Å². The van der Waals surface area contributed by atoms with Crippen molar-refractivity contribution in [3.63, 3.8) is 0 Å². The summed E-state index contributed by atoms with van der Waals surface area (Å²) in [4.78, 5) is 0.359. The Morgan fingerprint density at radius 2 is 1.72 bits per heavy atom. The first-order chi connectivity index (χ1) is 12.8. The van der Waals surface area contributed by atoms with Crippen LogP contribution in [0.25, 0.3) is 0 Å². The Hall–Kier alpha value is -0.820. The number of nitrogens with two attached hydrogens (primary N) is 1. The van der Waals surface area contributed by atoms with Crippen LogP contribution in [0.15, 0.2) is 53.4 Å². The van der Waals surface area contributed by atoms with E-state index in [1.165, 1.54) is 11.8 Å². The van der Waals surface area contributed by atoms with E-state index in [0.29, 0.717) is 17.5 Å². The lowest BCUT2D eigenvalue weighted by Gasteiger charge is -2.40. The quantitative estimate of drug-likeness (QED) is 0.639. The predicted octanol–water partition coefficient (Wildman–Crippen LogP) is 4.52. The van der Waals surface area contributed by atoms with E-state index >= 15 is 0 Å².